The van der Waals surface area contributed by atoms with E-state index in [9.17, 15) is 18.0 Å². The number of amides is 1. The van der Waals surface area contributed by atoms with Crippen molar-refractivity contribution in [3.05, 3.63) is 41.9 Å². The molecule has 7 nitrogen and oxygen atoms in total. The number of rotatable bonds is 6. The van der Waals surface area contributed by atoms with Crippen LogP contribution in [0.4, 0.5) is 19.0 Å². The number of aromatic nitrogens is 4. The molecule has 0 radical (unpaired) electrons. The molecule has 0 unspecified atom stereocenters. The van der Waals surface area contributed by atoms with Gasteiger partial charge in [-0.05, 0) is 50.6 Å². The molecule has 0 fully saturated rings. The second-order valence-corrected chi connectivity index (χ2v) is 9.94. The van der Waals surface area contributed by atoms with Crippen LogP contribution < -0.4 is 10.6 Å². The van der Waals surface area contributed by atoms with Gasteiger partial charge < -0.3 is 10.6 Å². The van der Waals surface area contributed by atoms with E-state index in [2.05, 4.69) is 51.2 Å². The van der Waals surface area contributed by atoms with Crippen LogP contribution in [-0.2, 0) is 24.7 Å². The van der Waals surface area contributed by atoms with Gasteiger partial charge in [-0.25, -0.2) is 4.52 Å². The number of unbranched alkanes of at least 4 members (excludes halogenated alkanes) is 2. The Labute approximate surface area is 237 Å². The van der Waals surface area contributed by atoms with E-state index in [1.165, 1.54) is 30.0 Å². The van der Waals surface area contributed by atoms with Crippen LogP contribution in [0.1, 0.15) is 69.9 Å². The van der Waals surface area contributed by atoms with E-state index in [0.717, 1.165) is 19.2 Å². The molecule has 3 aromatic heterocycles. The van der Waals surface area contributed by atoms with Crippen LogP contribution >= 0.6 is 11.8 Å². The fraction of sp³-hybridized carbons (Fsp3) is 0.462. The molecule has 3 heterocycles. The summed E-state index contributed by atoms with van der Waals surface area (Å²) in [6.07, 6.45) is 7.16. The van der Waals surface area contributed by atoms with Crippen LogP contribution in [0.2, 0.25) is 0 Å². The number of anilines is 1. The van der Waals surface area contributed by atoms with Crippen molar-refractivity contribution in [2.75, 3.05) is 18.9 Å². The first-order chi connectivity index (χ1) is 17.9. The molecule has 0 aliphatic rings. The molecule has 38 heavy (non-hydrogen) atoms. The molecule has 0 saturated heterocycles. The standard InChI is InChI=1S/C20H21F3N6OS.C5H12.CH.W/c1-19(2,3)28-12-13(11-26-28)18(30)25-10-6-7-14-17(31-20(21,22)23)15-8-5-9-16(24-4)29(15)27-14;1-3-5-4-2;;/h5,8-9,11-12,24H,10H2,1-4H3,(H,25,30);3-5H2,1-2H3;1H;. The van der Waals surface area contributed by atoms with E-state index in [1.54, 1.807) is 36.1 Å². The van der Waals surface area contributed by atoms with E-state index in [-0.39, 0.29) is 45.9 Å². The number of nitrogens with zero attached hydrogens (tertiary/aromatic N) is 4. The molecule has 0 aliphatic heterocycles. The molecule has 3 rings (SSSR count). The number of carbonyl (C=O) groups excluding carboxylic acids is 1. The zero-order chi connectivity index (χ0) is 28.9. The Hall–Kier alpha value is -2.66. The molecule has 0 atom stereocenters. The van der Waals surface area contributed by atoms with Crippen LogP contribution in [0.5, 0.6) is 0 Å². The minimum absolute atomic E-state index is 0.0140. The molecule has 207 valence electrons. The van der Waals surface area contributed by atoms with Crippen LogP contribution in [0.3, 0.4) is 0 Å². The molecule has 0 saturated carbocycles. The molecule has 0 aromatic carbocycles. The van der Waals surface area contributed by atoms with Gasteiger partial charge in [0.2, 0.25) is 0 Å². The molecule has 0 spiro atoms. The number of carbonyl (C=O) groups is 1. The van der Waals surface area contributed by atoms with Gasteiger partial charge in [0.25, 0.3) is 5.91 Å². The zero-order valence-electron chi connectivity index (χ0n) is 22.4. The van der Waals surface area contributed by atoms with Gasteiger partial charge in [0.15, 0.2) is 0 Å². The summed E-state index contributed by atoms with van der Waals surface area (Å²) in [4.78, 5) is 12.2. The number of nitrogens with one attached hydrogen (secondary N) is 2. The van der Waals surface area contributed by atoms with Crippen LogP contribution in [-0.4, -0.2) is 44.4 Å². The average molecular weight is 720 g/mol. The Morgan fingerprint density at radius 3 is 2.34 bits per heavy atom. The molecule has 0 aliphatic carbocycles. The minimum atomic E-state index is -4.49. The van der Waals surface area contributed by atoms with Gasteiger partial charge in [-0.15, -0.1) is 0 Å². The average Bonchev–Trinajstić information content (AvgIpc) is 3.49. The number of pyridine rings is 1. The Morgan fingerprint density at radius 1 is 1.18 bits per heavy atom. The Bertz CT molecular complexity index is 1260. The molecule has 1 amide bonds. The number of hydrogen-bond donors (Lipinski definition) is 2. The van der Waals surface area contributed by atoms with Gasteiger partial charge in [-0.3, -0.25) is 9.48 Å². The van der Waals surface area contributed by atoms with Crippen molar-refractivity contribution >= 4 is 29.0 Å². The fourth-order valence-electron chi connectivity index (χ4n) is 3.05. The van der Waals surface area contributed by atoms with Crippen molar-refractivity contribution in [3.63, 3.8) is 0 Å². The predicted octanol–water partition coefficient (Wildman–Crippen LogP) is 6.04. The van der Waals surface area contributed by atoms with Gasteiger partial charge in [0.05, 0.1) is 34.3 Å². The summed E-state index contributed by atoms with van der Waals surface area (Å²) >= 11 is 0.820. The SMILES string of the molecule is CCCCC.CNc1cccc2c(SC(F)(F)F)c(C#CCNC(=O)c3cnn(C(C)(C)C)c3)nn12.[CH]#[W]. The third-order valence-electron chi connectivity index (χ3n) is 4.87. The molecule has 12 heteroatoms. The zero-order valence-corrected chi connectivity index (χ0v) is 26.2. The van der Waals surface area contributed by atoms with Crippen molar-refractivity contribution in [1.82, 2.24) is 24.7 Å². The van der Waals surface area contributed by atoms with E-state index >= 15 is 0 Å². The van der Waals surface area contributed by atoms with E-state index < -0.39 is 5.51 Å². The van der Waals surface area contributed by atoms with Gasteiger partial charge in [-0.1, -0.05) is 45.1 Å². The third-order valence-corrected chi connectivity index (χ3v) is 5.71. The molecule has 0 bridgehead atoms. The maximum atomic E-state index is 13.1. The second kappa shape index (κ2) is 15.7. The molecule has 2 N–H and O–H groups in total. The first kappa shape index (κ1) is 33.4. The molecular formula is C26H34F3N6OSW. The number of thioether (sulfide) groups is 1. The van der Waals surface area contributed by atoms with Crippen molar-refractivity contribution in [2.45, 2.75) is 69.8 Å². The maximum absolute atomic E-state index is 13.1. The summed E-state index contributed by atoms with van der Waals surface area (Å²) in [5.41, 5.74) is -4.11. The summed E-state index contributed by atoms with van der Waals surface area (Å²) in [6, 6.07) is 4.87. The summed E-state index contributed by atoms with van der Waals surface area (Å²) in [7, 11) is 1.65. The molecular weight excluding hydrogens is 685 g/mol. The topological polar surface area (TPSA) is 76.2 Å². The van der Waals surface area contributed by atoms with Crippen molar-refractivity contribution < 1.29 is 37.1 Å². The third kappa shape index (κ3) is 10.2. The fourth-order valence-corrected chi connectivity index (χ4v) is 3.73. The van der Waals surface area contributed by atoms with Crippen LogP contribution in [0.25, 0.3) is 5.52 Å². The second-order valence-electron chi connectivity index (χ2n) is 8.87. The van der Waals surface area contributed by atoms with Gasteiger partial charge in [-0.2, -0.15) is 23.4 Å². The van der Waals surface area contributed by atoms with Gasteiger partial charge >= 0.3 is 29.4 Å². The van der Waals surface area contributed by atoms with Gasteiger partial charge in [0, 0.05) is 13.2 Å². The first-order valence-corrected chi connectivity index (χ1v) is 14.4. The summed E-state index contributed by atoms with van der Waals surface area (Å²) in [5, 5.41) is 13.9. The molecule has 3 aromatic rings. The summed E-state index contributed by atoms with van der Waals surface area (Å²) in [6.45, 7) is 10.2. The normalized spacial score (nSPS) is 10.8. The van der Waals surface area contributed by atoms with E-state index in [1.807, 2.05) is 20.8 Å². The van der Waals surface area contributed by atoms with Crippen molar-refractivity contribution in [3.8, 4) is 16.5 Å². The van der Waals surface area contributed by atoms with Crippen molar-refractivity contribution in [1.29, 1.82) is 0 Å². The number of halogens is 3. The van der Waals surface area contributed by atoms with Crippen LogP contribution in [0, 0.1) is 16.5 Å². The number of fused-ring (bicyclic) bond motifs is 1. The Kier molecular flexibility index (Phi) is 13.8. The monoisotopic (exact) mass is 719 g/mol. The van der Waals surface area contributed by atoms with Crippen molar-refractivity contribution in [2.24, 2.45) is 0 Å². The van der Waals surface area contributed by atoms with E-state index in [0.29, 0.717) is 11.4 Å². The Balaban J connectivity index is 0.000000924. The predicted molar refractivity (Wildman–Crippen MR) is 143 cm³/mol. The van der Waals surface area contributed by atoms with E-state index in [4.69, 9.17) is 0 Å². The quantitative estimate of drug-likeness (QED) is 0.240. The Morgan fingerprint density at radius 2 is 1.84 bits per heavy atom. The summed E-state index contributed by atoms with van der Waals surface area (Å²) < 4.78 is 46.8. The number of hydrogen-bond acceptors (Lipinski definition) is 5. The number of alkyl halides is 3. The summed E-state index contributed by atoms with van der Waals surface area (Å²) in [5.74, 6) is 5.48. The van der Waals surface area contributed by atoms with Gasteiger partial charge in [0.1, 0.15) is 11.5 Å². The first-order valence-electron chi connectivity index (χ1n) is 11.9. The van der Waals surface area contributed by atoms with Crippen LogP contribution in [0.15, 0.2) is 35.5 Å².